The maximum absolute atomic E-state index is 11.5. The molecule has 31 heavy (non-hydrogen) atoms. The van der Waals surface area contributed by atoms with Gasteiger partial charge >= 0.3 is 5.97 Å². The molecule has 0 aliphatic heterocycles. The third-order valence-corrected chi connectivity index (χ3v) is 4.86. The van der Waals surface area contributed by atoms with Crippen molar-refractivity contribution < 1.29 is 19.4 Å². The standard InChI is InChI=1S/C27H22O4/c1-2-30-26(29)18-9-19-7-15-23(16-8-19)31-27-24-6-4-3-5-20(24)12-17-25(27)21-10-13-22(28)14-11-21/h3-18,28H,2H2,1H3. The van der Waals surface area contributed by atoms with Gasteiger partial charge in [0.05, 0.1) is 6.61 Å². The molecule has 4 rings (SSSR count). The Labute approximate surface area is 181 Å². The fourth-order valence-electron chi connectivity index (χ4n) is 3.34. The van der Waals surface area contributed by atoms with E-state index in [2.05, 4.69) is 6.07 Å². The maximum atomic E-state index is 11.5. The minimum Gasteiger partial charge on any atom is -0.508 e. The molecule has 0 bridgehead atoms. The lowest BCUT2D eigenvalue weighted by molar-refractivity contribution is -0.137. The molecule has 0 atom stereocenters. The number of carbonyl (C=O) groups is 1. The van der Waals surface area contributed by atoms with Gasteiger partial charge in [-0.05, 0) is 59.8 Å². The third kappa shape index (κ3) is 4.75. The van der Waals surface area contributed by atoms with Crippen molar-refractivity contribution in [1.82, 2.24) is 0 Å². The van der Waals surface area contributed by atoms with Crippen molar-refractivity contribution in [2.24, 2.45) is 0 Å². The Hall–Kier alpha value is -4.05. The van der Waals surface area contributed by atoms with Gasteiger partial charge in [-0.2, -0.15) is 0 Å². The highest BCUT2D eigenvalue weighted by Gasteiger charge is 2.12. The average Bonchev–Trinajstić information content (AvgIpc) is 2.80. The van der Waals surface area contributed by atoms with Crippen LogP contribution in [0.2, 0.25) is 0 Å². The van der Waals surface area contributed by atoms with Crippen LogP contribution in [0.25, 0.3) is 28.0 Å². The van der Waals surface area contributed by atoms with Crippen molar-refractivity contribution in [1.29, 1.82) is 0 Å². The van der Waals surface area contributed by atoms with Gasteiger partial charge in [0.1, 0.15) is 17.2 Å². The lowest BCUT2D eigenvalue weighted by atomic mass is 9.99. The highest BCUT2D eigenvalue weighted by atomic mass is 16.5. The molecule has 4 aromatic rings. The van der Waals surface area contributed by atoms with E-state index in [0.29, 0.717) is 12.4 Å². The summed E-state index contributed by atoms with van der Waals surface area (Å²) < 4.78 is 11.3. The minimum absolute atomic E-state index is 0.221. The number of rotatable bonds is 6. The number of benzene rings is 4. The van der Waals surface area contributed by atoms with E-state index >= 15 is 0 Å². The van der Waals surface area contributed by atoms with Crippen molar-refractivity contribution in [3.05, 3.63) is 96.6 Å². The van der Waals surface area contributed by atoms with Gasteiger partial charge in [-0.25, -0.2) is 4.79 Å². The van der Waals surface area contributed by atoms with Crippen LogP contribution >= 0.6 is 0 Å². The first-order valence-corrected chi connectivity index (χ1v) is 10.1. The van der Waals surface area contributed by atoms with Crippen LogP contribution in [-0.4, -0.2) is 17.7 Å². The second kappa shape index (κ2) is 9.18. The van der Waals surface area contributed by atoms with Crippen molar-refractivity contribution in [2.75, 3.05) is 6.61 Å². The topological polar surface area (TPSA) is 55.8 Å². The number of carbonyl (C=O) groups excluding carboxylic acids is 1. The van der Waals surface area contributed by atoms with Gasteiger partial charge in [0.15, 0.2) is 0 Å². The molecule has 0 spiro atoms. The number of hydrogen-bond donors (Lipinski definition) is 1. The van der Waals surface area contributed by atoms with E-state index in [9.17, 15) is 9.90 Å². The minimum atomic E-state index is -0.364. The van der Waals surface area contributed by atoms with Gasteiger partial charge in [0, 0.05) is 17.0 Å². The first-order valence-electron chi connectivity index (χ1n) is 10.1. The van der Waals surface area contributed by atoms with Gasteiger partial charge in [-0.3, -0.25) is 0 Å². The van der Waals surface area contributed by atoms with Crippen LogP contribution in [0.4, 0.5) is 0 Å². The molecule has 0 saturated heterocycles. The SMILES string of the molecule is CCOC(=O)C=Cc1ccc(Oc2c(-c3ccc(O)cc3)ccc3ccccc23)cc1. The average molecular weight is 410 g/mol. The molecule has 0 heterocycles. The zero-order valence-electron chi connectivity index (χ0n) is 17.1. The Morgan fingerprint density at radius 1 is 0.903 bits per heavy atom. The Morgan fingerprint density at radius 2 is 1.65 bits per heavy atom. The first-order chi connectivity index (χ1) is 15.1. The van der Waals surface area contributed by atoms with Crippen LogP contribution in [0.1, 0.15) is 12.5 Å². The van der Waals surface area contributed by atoms with E-state index < -0.39 is 0 Å². The Bertz CT molecular complexity index is 1220. The molecule has 0 fully saturated rings. The van der Waals surface area contributed by atoms with E-state index in [0.717, 1.165) is 33.2 Å². The summed E-state index contributed by atoms with van der Waals surface area (Å²) in [7, 11) is 0. The van der Waals surface area contributed by atoms with E-state index in [1.807, 2.05) is 66.7 Å². The summed E-state index contributed by atoms with van der Waals surface area (Å²) in [4.78, 5) is 11.5. The van der Waals surface area contributed by atoms with Gasteiger partial charge in [0.25, 0.3) is 0 Å². The largest absolute Gasteiger partial charge is 0.508 e. The molecule has 0 amide bonds. The van der Waals surface area contributed by atoms with Crippen LogP contribution in [0.3, 0.4) is 0 Å². The summed E-state index contributed by atoms with van der Waals surface area (Å²) in [5.41, 5.74) is 2.76. The van der Waals surface area contributed by atoms with E-state index in [1.54, 1.807) is 25.1 Å². The van der Waals surface area contributed by atoms with Gasteiger partial charge in [0.2, 0.25) is 0 Å². The number of ether oxygens (including phenoxy) is 2. The lowest BCUT2D eigenvalue weighted by Gasteiger charge is -2.15. The summed E-state index contributed by atoms with van der Waals surface area (Å²) in [6.45, 7) is 2.13. The summed E-state index contributed by atoms with van der Waals surface area (Å²) in [5, 5.41) is 11.7. The Balaban J connectivity index is 1.68. The molecule has 1 N–H and O–H groups in total. The van der Waals surface area contributed by atoms with Crippen molar-refractivity contribution in [2.45, 2.75) is 6.92 Å². The summed E-state index contributed by atoms with van der Waals surface area (Å²) in [6.07, 6.45) is 3.12. The monoisotopic (exact) mass is 410 g/mol. The summed E-state index contributed by atoms with van der Waals surface area (Å²) >= 11 is 0. The predicted octanol–water partition coefficient (Wildman–Crippen LogP) is 6.58. The second-order valence-corrected chi connectivity index (χ2v) is 6.97. The molecule has 4 aromatic carbocycles. The van der Waals surface area contributed by atoms with Crippen molar-refractivity contribution in [3.8, 4) is 28.4 Å². The van der Waals surface area contributed by atoms with Gasteiger partial charge < -0.3 is 14.6 Å². The molecule has 0 unspecified atom stereocenters. The number of aromatic hydroxyl groups is 1. The molecule has 4 heteroatoms. The number of hydrogen-bond acceptors (Lipinski definition) is 4. The fourth-order valence-corrected chi connectivity index (χ4v) is 3.34. The molecule has 4 nitrogen and oxygen atoms in total. The number of phenolic OH excluding ortho intramolecular Hbond substituents is 1. The molecule has 0 aliphatic carbocycles. The summed E-state index contributed by atoms with van der Waals surface area (Å²) in [5.74, 6) is 1.29. The quantitative estimate of drug-likeness (QED) is 0.288. The molecule has 0 saturated carbocycles. The molecule has 154 valence electrons. The van der Waals surface area contributed by atoms with Crippen LogP contribution in [0.15, 0.2) is 91.0 Å². The number of esters is 1. The maximum Gasteiger partial charge on any atom is 0.330 e. The smallest absolute Gasteiger partial charge is 0.330 e. The molecule has 0 aromatic heterocycles. The number of phenols is 1. The van der Waals surface area contributed by atoms with Crippen LogP contribution in [0, 0.1) is 0 Å². The predicted molar refractivity (Wildman–Crippen MR) is 123 cm³/mol. The van der Waals surface area contributed by atoms with E-state index in [-0.39, 0.29) is 11.7 Å². The molecular weight excluding hydrogens is 388 g/mol. The van der Waals surface area contributed by atoms with Crippen molar-refractivity contribution >= 4 is 22.8 Å². The first kappa shape index (κ1) is 20.2. The third-order valence-electron chi connectivity index (χ3n) is 4.86. The fraction of sp³-hybridized carbons (Fsp3) is 0.0741. The van der Waals surface area contributed by atoms with Crippen LogP contribution < -0.4 is 4.74 Å². The van der Waals surface area contributed by atoms with E-state index in [4.69, 9.17) is 9.47 Å². The van der Waals surface area contributed by atoms with Gasteiger partial charge in [-0.15, -0.1) is 0 Å². The molecular formula is C27H22O4. The van der Waals surface area contributed by atoms with Crippen LogP contribution in [-0.2, 0) is 9.53 Å². The zero-order chi connectivity index (χ0) is 21.6. The van der Waals surface area contributed by atoms with Crippen molar-refractivity contribution in [3.63, 3.8) is 0 Å². The van der Waals surface area contributed by atoms with Gasteiger partial charge in [-0.1, -0.05) is 54.6 Å². The van der Waals surface area contributed by atoms with E-state index in [1.165, 1.54) is 6.08 Å². The Kier molecular flexibility index (Phi) is 5.99. The molecule has 0 radical (unpaired) electrons. The van der Waals surface area contributed by atoms with Crippen LogP contribution in [0.5, 0.6) is 17.2 Å². The second-order valence-electron chi connectivity index (χ2n) is 6.97. The normalized spacial score (nSPS) is 11.0. The highest BCUT2D eigenvalue weighted by Crippen LogP contribution is 2.40. The number of fused-ring (bicyclic) bond motifs is 1. The molecule has 0 aliphatic rings. The zero-order valence-corrected chi connectivity index (χ0v) is 17.1. The highest BCUT2D eigenvalue weighted by molar-refractivity contribution is 5.95. The lowest BCUT2D eigenvalue weighted by Crippen LogP contribution is -1.98. The Morgan fingerprint density at radius 3 is 2.39 bits per heavy atom. The summed E-state index contributed by atoms with van der Waals surface area (Å²) in [6, 6.07) is 26.7.